The molecule has 8 heteroatoms. The molecule has 21 heavy (non-hydrogen) atoms. The number of carbonyl (C=O) groups excluding carboxylic acids is 1. The first-order valence-corrected chi connectivity index (χ1v) is 8.45. The van der Waals surface area contributed by atoms with E-state index in [1.54, 1.807) is 0 Å². The van der Waals surface area contributed by atoms with Crippen LogP contribution >= 0.6 is 11.6 Å². The van der Waals surface area contributed by atoms with E-state index in [1.807, 2.05) is 0 Å². The molecule has 1 aromatic carbocycles. The number of hydrogen-bond acceptors (Lipinski definition) is 4. The maximum Gasteiger partial charge on any atom is 0.335 e. The van der Waals surface area contributed by atoms with Crippen LogP contribution in [0.5, 0.6) is 0 Å². The van der Waals surface area contributed by atoms with Crippen LogP contribution in [0.25, 0.3) is 0 Å². The second kappa shape index (κ2) is 6.03. The van der Waals surface area contributed by atoms with Crippen LogP contribution in [0.4, 0.5) is 5.69 Å². The standard InChI is InChI=1S/C13H14ClNO5S/c14-9-5-8(13(17)18)6-10(7-9)15-12(16)11-3-1-2-4-21(11,19)20/h5-7,11H,1-4H2,(H,15,16)(H,17,18). The largest absolute Gasteiger partial charge is 0.478 e. The number of benzene rings is 1. The van der Waals surface area contributed by atoms with E-state index in [4.69, 9.17) is 16.7 Å². The van der Waals surface area contributed by atoms with E-state index in [0.717, 1.165) is 0 Å². The van der Waals surface area contributed by atoms with Gasteiger partial charge in [-0.15, -0.1) is 0 Å². The molecule has 1 heterocycles. The molecule has 1 atom stereocenters. The Hall–Kier alpha value is -1.60. The van der Waals surface area contributed by atoms with Crippen LogP contribution in [0, 0.1) is 0 Å². The van der Waals surface area contributed by atoms with Gasteiger partial charge in [-0.05, 0) is 31.0 Å². The second-order valence-corrected chi connectivity index (χ2v) is 7.61. The molecule has 0 saturated carbocycles. The normalized spacial score (nSPS) is 20.7. The van der Waals surface area contributed by atoms with Crippen LogP contribution in [0.1, 0.15) is 29.6 Å². The zero-order chi connectivity index (χ0) is 15.6. The molecule has 0 aromatic heterocycles. The Bertz CT molecular complexity index is 686. The van der Waals surface area contributed by atoms with Crippen molar-refractivity contribution in [3.8, 4) is 0 Å². The molecule has 0 aliphatic carbocycles. The summed E-state index contributed by atoms with van der Waals surface area (Å²) in [6, 6.07) is 3.86. The van der Waals surface area contributed by atoms with Crippen molar-refractivity contribution in [2.45, 2.75) is 24.5 Å². The van der Waals surface area contributed by atoms with Crippen molar-refractivity contribution in [1.29, 1.82) is 0 Å². The molecule has 0 radical (unpaired) electrons. The molecule has 1 aliphatic heterocycles. The van der Waals surface area contributed by atoms with Crippen LogP contribution in [0.15, 0.2) is 18.2 Å². The van der Waals surface area contributed by atoms with Crippen molar-refractivity contribution in [3.63, 3.8) is 0 Å². The van der Waals surface area contributed by atoms with Crippen molar-refractivity contribution in [2.75, 3.05) is 11.1 Å². The summed E-state index contributed by atoms with van der Waals surface area (Å²) in [5, 5.41) is 10.4. The minimum absolute atomic E-state index is 0.00100. The number of anilines is 1. The Morgan fingerprint density at radius 2 is 1.95 bits per heavy atom. The van der Waals surface area contributed by atoms with Crippen molar-refractivity contribution in [2.24, 2.45) is 0 Å². The average molecular weight is 332 g/mol. The van der Waals surface area contributed by atoms with Gasteiger partial charge in [0.1, 0.15) is 5.25 Å². The van der Waals surface area contributed by atoms with E-state index in [2.05, 4.69) is 5.32 Å². The van der Waals surface area contributed by atoms with Gasteiger partial charge >= 0.3 is 5.97 Å². The lowest BCUT2D eigenvalue weighted by Gasteiger charge is -2.21. The highest BCUT2D eigenvalue weighted by Crippen LogP contribution is 2.23. The van der Waals surface area contributed by atoms with Gasteiger partial charge in [-0.1, -0.05) is 18.0 Å². The third-order valence-electron chi connectivity index (χ3n) is 3.28. The Labute approximate surface area is 127 Å². The molecule has 2 N–H and O–H groups in total. The summed E-state index contributed by atoms with van der Waals surface area (Å²) in [5.74, 6) is -1.83. The van der Waals surface area contributed by atoms with Crippen molar-refractivity contribution < 1.29 is 23.1 Å². The topological polar surface area (TPSA) is 101 Å². The summed E-state index contributed by atoms with van der Waals surface area (Å²) >= 11 is 5.79. The minimum atomic E-state index is -3.44. The fourth-order valence-electron chi connectivity index (χ4n) is 2.26. The summed E-state index contributed by atoms with van der Waals surface area (Å²) in [6.07, 6.45) is 1.51. The van der Waals surface area contributed by atoms with Crippen molar-refractivity contribution in [1.82, 2.24) is 0 Å². The molecule has 114 valence electrons. The van der Waals surface area contributed by atoms with Crippen LogP contribution in [0.2, 0.25) is 5.02 Å². The smallest absolute Gasteiger partial charge is 0.335 e. The number of aromatic carboxylic acids is 1. The predicted molar refractivity (Wildman–Crippen MR) is 78.5 cm³/mol. The number of amides is 1. The zero-order valence-electron chi connectivity index (χ0n) is 11.0. The van der Waals surface area contributed by atoms with E-state index in [1.165, 1.54) is 18.2 Å². The van der Waals surface area contributed by atoms with Crippen LogP contribution in [-0.2, 0) is 14.6 Å². The summed E-state index contributed by atoms with van der Waals surface area (Å²) in [5.41, 5.74) is 0.0926. The molecule has 1 unspecified atom stereocenters. The molecule has 1 aliphatic rings. The summed E-state index contributed by atoms with van der Waals surface area (Å²) in [7, 11) is -3.44. The fourth-order valence-corrected chi connectivity index (χ4v) is 4.29. The first-order chi connectivity index (χ1) is 9.79. The number of carboxylic acids is 1. The number of carboxylic acid groups (broad SMARTS) is 1. The number of hydrogen-bond donors (Lipinski definition) is 2. The van der Waals surface area contributed by atoms with Gasteiger partial charge in [-0.2, -0.15) is 0 Å². The van der Waals surface area contributed by atoms with Gasteiger partial charge in [0, 0.05) is 10.7 Å². The highest BCUT2D eigenvalue weighted by atomic mass is 35.5. The molecular formula is C13H14ClNO5S. The van der Waals surface area contributed by atoms with Gasteiger partial charge in [-0.25, -0.2) is 13.2 Å². The monoisotopic (exact) mass is 331 g/mol. The van der Waals surface area contributed by atoms with Crippen LogP contribution < -0.4 is 5.32 Å². The Morgan fingerprint density at radius 3 is 2.57 bits per heavy atom. The first kappa shape index (κ1) is 15.8. The third-order valence-corrected chi connectivity index (χ3v) is 5.68. The third kappa shape index (κ3) is 3.74. The molecule has 6 nitrogen and oxygen atoms in total. The van der Waals surface area contributed by atoms with Gasteiger partial charge in [-0.3, -0.25) is 4.79 Å². The van der Waals surface area contributed by atoms with E-state index in [-0.39, 0.29) is 28.4 Å². The second-order valence-electron chi connectivity index (χ2n) is 4.87. The van der Waals surface area contributed by atoms with Crippen LogP contribution in [-0.4, -0.2) is 36.4 Å². The number of carbonyl (C=O) groups is 2. The molecule has 0 spiro atoms. The molecule has 2 rings (SSSR count). The van der Waals surface area contributed by atoms with Gasteiger partial charge < -0.3 is 10.4 Å². The molecule has 0 bridgehead atoms. The zero-order valence-corrected chi connectivity index (χ0v) is 12.6. The number of rotatable bonds is 3. The quantitative estimate of drug-likeness (QED) is 0.881. The fraction of sp³-hybridized carbons (Fsp3) is 0.385. The lowest BCUT2D eigenvalue weighted by molar-refractivity contribution is -0.116. The van der Waals surface area contributed by atoms with Gasteiger partial charge in [0.25, 0.3) is 0 Å². The van der Waals surface area contributed by atoms with Gasteiger partial charge in [0.2, 0.25) is 5.91 Å². The molecule has 1 amide bonds. The molecule has 1 aromatic rings. The molecular weight excluding hydrogens is 318 g/mol. The number of sulfone groups is 1. The lowest BCUT2D eigenvalue weighted by Crippen LogP contribution is -2.39. The highest BCUT2D eigenvalue weighted by molar-refractivity contribution is 7.92. The maximum atomic E-state index is 12.1. The lowest BCUT2D eigenvalue weighted by atomic mass is 10.1. The molecule has 1 fully saturated rings. The summed E-state index contributed by atoms with van der Waals surface area (Å²) in [4.78, 5) is 23.0. The highest BCUT2D eigenvalue weighted by Gasteiger charge is 2.34. The Morgan fingerprint density at radius 1 is 1.24 bits per heavy atom. The summed E-state index contributed by atoms with van der Waals surface area (Å²) in [6.45, 7) is 0. The SMILES string of the molecule is O=C(O)c1cc(Cl)cc(NC(=O)C2CCCCS2(=O)=O)c1. The Kier molecular flexibility index (Phi) is 4.53. The van der Waals surface area contributed by atoms with Crippen molar-refractivity contribution in [3.05, 3.63) is 28.8 Å². The number of halogens is 1. The van der Waals surface area contributed by atoms with E-state index >= 15 is 0 Å². The number of nitrogens with one attached hydrogen (secondary N) is 1. The van der Waals surface area contributed by atoms with Gasteiger partial charge in [0.05, 0.1) is 11.3 Å². The van der Waals surface area contributed by atoms with E-state index in [9.17, 15) is 18.0 Å². The van der Waals surface area contributed by atoms with Gasteiger partial charge in [0.15, 0.2) is 9.84 Å². The summed E-state index contributed by atoms with van der Waals surface area (Å²) < 4.78 is 23.7. The maximum absolute atomic E-state index is 12.1. The Balaban J connectivity index is 2.21. The minimum Gasteiger partial charge on any atom is -0.478 e. The molecule has 1 saturated heterocycles. The average Bonchev–Trinajstić information content (AvgIpc) is 2.37. The van der Waals surface area contributed by atoms with E-state index in [0.29, 0.717) is 12.8 Å². The van der Waals surface area contributed by atoms with Crippen LogP contribution in [0.3, 0.4) is 0 Å². The predicted octanol–water partition coefficient (Wildman–Crippen LogP) is 1.94. The van der Waals surface area contributed by atoms with Crippen molar-refractivity contribution >= 4 is 39.0 Å². The first-order valence-electron chi connectivity index (χ1n) is 6.36. The van der Waals surface area contributed by atoms with E-state index < -0.39 is 27.0 Å².